The summed E-state index contributed by atoms with van der Waals surface area (Å²) in [6, 6.07) is 14.2. The van der Waals surface area contributed by atoms with Gasteiger partial charge in [-0.15, -0.1) is 0 Å². The molecular weight excluding hydrogens is 443 g/mol. The van der Waals surface area contributed by atoms with Gasteiger partial charge in [-0.2, -0.15) is 0 Å². The molecule has 0 saturated heterocycles. The van der Waals surface area contributed by atoms with Crippen LogP contribution in [0.25, 0.3) is 0 Å². The van der Waals surface area contributed by atoms with E-state index >= 15 is 0 Å². The molecule has 8 heteroatoms. The molecule has 148 valence electrons. The average Bonchev–Trinajstić information content (AvgIpc) is 3.14. The van der Waals surface area contributed by atoms with E-state index in [-0.39, 0.29) is 24.0 Å². The van der Waals surface area contributed by atoms with Crippen LogP contribution in [-0.2, 0) is 11.3 Å². The number of ether oxygens (including phenoxy) is 1. The fraction of sp³-hybridized carbons (Fsp3) is 0.143. The molecule has 4 rings (SSSR count). The van der Waals surface area contributed by atoms with Gasteiger partial charge in [-0.1, -0.05) is 12.1 Å². The number of carbonyl (C=O) groups excluding carboxylic acids is 2. The largest absolute Gasteiger partial charge is 0.479 e. The van der Waals surface area contributed by atoms with Gasteiger partial charge in [-0.25, -0.2) is 4.39 Å². The van der Waals surface area contributed by atoms with Gasteiger partial charge in [0.05, 0.1) is 12.2 Å². The van der Waals surface area contributed by atoms with E-state index in [0.29, 0.717) is 21.8 Å². The molecule has 0 saturated carbocycles. The third-order valence-electron chi connectivity index (χ3n) is 4.48. The van der Waals surface area contributed by atoms with Crippen molar-refractivity contribution in [1.29, 1.82) is 0 Å². The van der Waals surface area contributed by atoms with E-state index in [1.54, 1.807) is 54.3 Å². The molecule has 2 heterocycles. The predicted octanol–water partition coefficient (Wildman–Crippen LogP) is 4.75. The molecule has 0 fully saturated rings. The Labute approximate surface area is 174 Å². The Morgan fingerprint density at radius 1 is 1.17 bits per heavy atom. The van der Waals surface area contributed by atoms with Gasteiger partial charge in [0.2, 0.25) is 0 Å². The fourth-order valence-electron chi connectivity index (χ4n) is 3.05. The van der Waals surface area contributed by atoms with E-state index in [2.05, 4.69) is 21.2 Å². The Morgan fingerprint density at radius 3 is 2.62 bits per heavy atom. The van der Waals surface area contributed by atoms with E-state index < -0.39 is 12.0 Å². The summed E-state index contributed by atoms with van der Waals surface area (Å²) < 4.78 is 24.6. The van der Waals surface area contributed by atoms with Crippen molar-refractivity contribution in [2.24, 2.45) is 0 Å². The molecule has 2 aromatic carbocycles. The van der Waals surface area contributed by atoms with Crippen LogP contribution in [0.3, 0.4) is 0 Å². The molecule has 29 heavy (non-hydrogen) atoms. The minimum Gasteiger partial charge on any atom is -0.479 e. The SMILES string of the molecule is CC1Oc2ccc(NC(=O)c3ccc(Br)o3)cc2N(Cc2ccc(F)cc2)C1=O. The number of hydrogen-bond donors (Lipinski definition) is 1. The van der Waals surface area contributed by atoms with Gasteiger partial charge in [0.25, 0.3) is 11.8 Å². The van der Waals surface area contributed by atoms with E-state index in [1.165, 1.54) is 12.1 Å². The second-order valence-corrected chi connectivity index (χ2v) is 7.33. The van der Waals surface area contributed by atoms with Crippen LogP contribution in [0.1, 0.15) is 23.0 Å². The van der Waals surface area contributed by atoms with E-state index in [0.717, 1.165) is 5.56 Å². The number of furan rings is 1. The molecule has 3 aromatic rings. The van der Waals surface area contributed by atoms with Crippen LogP contribution in [0.15, 0.2) is 63.7 Å². The summed E-state index contributed by atoms with van der Waals surface area (Å²) in [4.78, 5) is 26.6. The number of halogens is 2. The van der Waals surface area contributed by atoms with Crippen molar-refractivity contribution < 1.29 is 23.1 Å². The number of anilines is 2. The minimum absolute atomic E-state index is 0.152. The summed E-state index contributed by atoms with van der Waals surface area (Å²) in [5, 5.41) is 2.74. The number of carbonyl (C=O) groups is 2. The zero-order chi connectivity index (χ0) is 20.5. The van der Waals surface area contributed by atoms with Crippen LogP contribution in [0, 0.1) is 5.82 Å². The van der Waals surface area contributed by atoms with Crippen LogP contribution >= 0.6 is 15.9 Å². The number of rotatable bonds is 4. The Kier molecular flexibility index (Phi) is 5.10. The molecular formula is C21H16BrFN2O4. The maximum Gasteiger partial charge on any atom is 0.291 e. The van der Waals surface area contributed by atoms with Crippen molar-refractivity contribution in [3.05, 3.63) is 76.4 Å². The first kappa shape index (κ1) is 19.2. The molecule has 0 spiro atoms. The maximum atomic E-state index is 13.2. The predicted molar refractivity (Wildman–Crippen MR) is 108 cm³/mol. The molecule has 0 bridgehead atoms. The lowest BCUT2D eigenvalue weighted by atomic mass is 10.1. The Hall–Kier alpha value is -3.13. The number of nitrogens with one attached hydrogen (secondary N) is 1. The lowest BCUT2D eigenvalue weighted by molar-refractivity contribution is -0.125. The Morgan fingerprint density at radius 2 is 1.93 bits per heavy atom. The highest BCUT2D eigenvalue weighted by molar-refractivity contribution is 9.10. The zero-order valence-corrected chi connectivity index (χ0v) is 16.9. The third-order valence-corrected chi connectivity index (χ3v) is 4.90. The van der Waals surface area contributed by atoms with Crippen molar-refractivity contribution in [3.63, 3.8) is 0 Å². The molecule has 6 nitrogen and oxygen atoms in total. The summed E-state index contributed by atoms with van der Waals surface area (Å²) in [5.41, 5.74) is 1.78. The molecule has 0 aliphatic carbocycles. The zero-order valence-electron chi connectivity index (χ0n) is 15.3. The highest BCUT2D eigenvalue weighted by atomic mass is 79.9. The number of nitrogens with zero attached hydrogens (tertiary/aromatic N) is 1. The van der Waals surface area contributed by atoms with E-state index in [4.69, 9.17) is 9.15 Å². The van der Waals surface area contributed by atoms with E-state index in [1.807, 2.05) is 0 Å². The summed E-state index contributed by atoms with van der Waals surface area (Å²) >= 11 is 3.16. The van der Waals surface area contributed by atoms with Gasteiger partial charge in [-0.3, -0.25) is 9.59 Å². The number of amides is 2. The Bertz CT molecular complexity index is 1080. The van der Waals surface area contributed by atoms with Gasteiger partial charge in [0.1, 0.15) is 11.6 Å². The van der Waals surface area contributed by atoms with Crippen molar-refractivity contribution in [2.75, 3.05) is 10.2 Å². The fourth-order valence-corrected chi connectivity index (χ4v) is 3.36. The van der Waals surface area contributed by atoms with Crippen molar-refractivity contribution in [2.45, 2.75) is 19.6 Å². The normalized spacial score (nSPS) is 15.6. The second-order valence-electron chi connectivity index (χ2n) is 6.55. The molecule has 0 radical (unpaired) electrons. The molecule has 1 unspecified atom stereocenters. The minimum atomic E-state index is -0.649. The van der Waals surface area contributed by atoms with Crippen molar-refractivity contribution in [3.8, 4) is 5.75 Å². The molecule has 1 atom stereocenters. The highest BCUT2D eigenvalue weighted by Crippen LogP contribution is 2.37. The summed E-state index contributed by atoms with van der Waals surface area (Å²) in [7, 11) is 0. The topological polar surface area (TPSA) is 71.8 Å². The molecule has 1 aromatic heterocycles. The average molecular weight is 459 g/mol. The lowest BCUT2D eigenvalue weighted by Crippen LogP contribution is -2.44. The quantitative estimate of drug-likeness (QED) is 0.612. The molecule has 1 N–H and O–H groups in total. The van der Waals surface area contributed by atoms with Crippen LogP contribution in [0.2, 0.25) is 0 Å². The van der Waals surface area contributed by atoms with Crippen LogP contribution in [0.4, 0.5) is 15.8 Å². The van der Waals surface area contributed by atoms with Crippen molar-refractivity contribution in [1.82, 2.24) is 0 Å². The maximum absolute atomic E-state index is 13.2. The summed E-state index contributed by atoms with van der Waals surface area (Å²) in [5.74, 6) is -0.306. The smallest absolute Gasteiger partial charge is 0.291 e. The standard InChI is InChI=1S/C21H16BrFN2O4/c1-12-21(27)25(11-13-2-4-14(23)5-3-13)16-10-15(6-7-17(16)28-12)24-20(26)18-8-9-19(22)29-18/h2-10,12H,11H2,1H3,(H,24,26). The van der Waals surface area contributed by atoms with Crippen LogP contribution < -0.4 is 15.0 Å². The highest BCUT2D eigenvalue weighted by Gasteiger charge is 2.32. The van der Waals surface area contributed by atoms with Crippen LogP contribution in [0.5, 0.6) is 5.75 Å². The van der Waals surface area contributed by atoms with Crippen molar-refractivity contribution >= 4 is 39.1 Å². The third kappa shape index (κ3) is 4.02. The van der Waals surface area contributed by atoms with Gasteiger partial charge < -0.3 is 19.4 Å². The molecule has 1 aliphatic rings. The number of hydrogen-bond acceptors (Lipinski definition) is 4. The summed E-state index contributed by atoms with van der Waals surface area (Å²) in [6.07, 6.45) is -0.649. The van der Waals surface area contributed by atoms with E-state index in [9.17, 15) is 14.0 Å². The number of benzene rings is 2. The first-order valence-corrected chi connectivity index (χ1v) is 9.63. The number of fused-ring (bicyclic) bond motifs is 1. The van der Waals surface area contributed by atoms with Gasteiger partial charge >= 0.3 is 0 Å². The molecule has 1 aliphatic heterocycles. The summed E-state index contributed by atoms with van der Waals surface area (Å²) in [6.45, 7) is 1.93. The lowest BCUT2D eigenvalue weighted by Gasteiger charge is -2.33. The van der Waals surface area contributed by atoms with Crippen LogP contribution in [-0.4, -0.2) is 17.9 Å². The van der Waals surface area contributed by atoms with Gasteiger partial charge in [0.15, 0.2) is 16.5 Å². The van der Waals surface area contributed by atoms with Gasteiger partial charge in [-0.05, 0) is 70.9 Å². The Balaban J connectivity index is 1.63. The monoisotopic (exact) mass is 458 g/mol. The first-order chi connectivity index (χ1) is 13.9. The molecule has 2 amide bonds. The first-order valence-electron chi connectivity index (χ1n) is 8.84. The van der Waals surface area contributed by atoms with Gasteiger partial charge in [0, 0.05) is 5.69 Å². The second kappa shape index (κ2) is 7.71.